The highest BCUT2D eigenvalue weighted by Gasteiger charge is 2.15. The number of unbranched alkanes of at least 4 members (excludes halogenated alkanes) is 2. The fourth-order valence-electron chi connectivity index (χ4n) is 4.20. The highest BCUT2D eigenvalue weighted by molar-refractivity contribution is 8.00. The van der Waals surface area contributed by atoms with Gasteiger partial charge in [-0.25, -0.2) is 14.8 Å². The van der Waals surface area contributed by atoms with E-state index >= 15 is 0 Å². The number of nitrogens with one attached hydrogen (secondary N) is 2. The quantitative estimate of drug-likeness (QED) is 0.166. The Morgan fingerprint density at radius 1 is 0.972 bits per heavy atom. The summed E-state index contributed by atoms with van der Waals surface area (Å²) in [6, 6.07) is 16.3. The van der Waals surface area contributed by atoms with Gasteiger partial charge in [0.15, 0.2) is 5.82 Å². The van der Waals surface area contributed by atoms with Crippen molar-refractivity contribution in [2.24, 2.45) is 0 Å². The van der Waals surface area contributed by atoms with Gasteiger partial charge in [-0.1, -0.05) is 98.7 Å². The van der Waals surface area contributed by atoms with Gasteiger partial charge in [-0.15, -0.1) is 0 Å². The number of aromatic amines is 1. The second-order valence-corrected chi connectivity index (χ2v) is 9.72. The number of H-pyrrole nitrogens is 1. The average molecular weight is 504 g/mol. The van der Waals surface area contributed by atoms with E-state index in [-0.39, 0.29) is 0 Å². The molecule has 0 saturated carbocycles. The van der Waals surface area contributed by atoms with E-state index < -0.39 is 5.76 Å². The lowest BCUT2D eigenvalue weighted by molar-refractivity contribution is 0.388. The molecule has 2 N–H and O–H groups in total. The molecule has 0 spiro atoms. The zero-order valence-corrected chi connectivity index (χ0v) is 22.0. The lowest BCUT2D eigenvalue weighted by Crippen LogP contribution is -2.08. The molecule has 0 unspecified atom stereocenters. The fraction of sp³-hybridized carbons (Fsp3) is 0.357. The summed E-state index contributed by atoms with van der Waals surface area (Å²) in [5, 5.41) is 3.86. The Bertz CT molecular complexity index is 1330. The molecule has 4 aromatic rings. The van der Waals surface area contributed by atoms with Gasteiger partial charge >= 0.3 is 5.76 Å². The molecule has 0 fully saturated rings. The molecule has 0 aliphatic rings. The predicted octanol–water partition coefficient (Wildman–Crippen LogP) is 6.59. The Hall–Kier alpha value is -3.39. The van der Waals surface area contributed by atoms with Gasteiger partial charge in [-0.3, -0.25) is 9.51 Å². The van der Waals surface area contributed by atoms with Crippen molar-refractivity contribution in [3.05, 3.63) is 81.7 Å². The minimum atomic E-state index is -0.564. The summed E-state index contributed by atoms with van der Waals surface area (Å²) in [4.78, 5) is 23.6. The van der Waals surface area contributed by atoms with Crippen molar-refractivity contribution in [2.45, 2.75) is 59.3 Å². The van der Waals surface area contributed by atoms with Crippen LogP contribution >= 0.6 is 11.9 Å². The topological polar surface area (TPSA) is 96.7 Å². The molecule has 0 atom stereocenters. The number of aryl methyl sites for hydroxylation is 2. The van der Waals surface area contributed by atoms with Crippen LogP contribution in [-0.2, 0) is 12.8 Å². The second-order valence-electron chi connectivity index (χ2n) is 8.82. The van der Waals surface area contributed by atoms with Crippen molar-refractivity contribution in [1.29, 1.82) is 0 Å². The summed E-state index contributed by atoms with van der Waals surface area (Å²) in [7, 11) is 0. The van der Waals surface area contributed by atoms with Gasteiger partial charge in [0.2, 0.25) is 0 Å². The first-order chi connectivity index (χ1) is 17.6. The van der Waals surface area contributed by atoms with Crippen molar-refractivity contribution in [2.75, 3.05) is 10.5 Å². The van der Waals surface area contributed by atoms with E-state index in [1.165, 1.54) is 30.4 Å². The minimum Gasteiger partial charge on any atom is -0.314 e. The molecule has 0 radical (unpaired) electrons. The molecule has 2 heterocycles. The summed E-state index contributed by atoms with van der Waals surface area (Å²) < 4.78 is 8.23. The van der Waals surface area contributed by atoms with Crippen molar-refractivity contribution in [1.82, 2.24) is 20.1 Å². The molecule has 0 saturated heterocycles. The van der Waals surface area contributed by atoms with E-state index in [0.717, 1.165) is 59.0 Å². The van der Waals surface area contributed by atoms with Gasteiger partial charge in [0, 0.05) is 29.0 Å². The van der Waals surface area contributed by atoms with Crippen LogP contribution in [0.25, 0.3) is 22.5 Å². The molecule has 4 rings (SSSR count). The van der Waals surface area contributed by atoms with E-state index in [1.807, 2.05) is 31.2 Å². The Morgan fingerprint density at radius 3 is 2.44 bits per heavy atom. The van der Waals surface area contributed by atoms with Crippen molar-refractivity contribution in [3.8, 4) is 22.5 Å². The van der Waals surface area contributed by atoms with Gasteiger partial charge in [-0.2, -0.15) is 0 Å². The van der Waals surface area contributed by atoms with Gasteiger partial charge in [0.1, 0.15) is 11.6 Å². The van der Waals surface area contributed by atoms with Crippen LogP contribution in [-0.4, -0.2) is 25.9 Å². The monoisotopic (exact) mass is 503 g/mol. The van der Waals surface area contributed by atoms with Crippen LogP contribution in [0.3, 0.4) is 0 Å². The molecule has 8 heteroatoms. The minimum absolute atomic E-state index is 0.424. The van der Waals surface area contributed by atoms with Crippen LogP contribution in [0.2, 0.25) is 0 Å². The first-order valence-corrected chi connectivity index (χ1v) is 13.6. The zero-order valence-electron chi connectivity index (χ0n) is 21.1. The Balaban J connectivity index is 1.59. The maximum absolute atomic E-state index is 11.5. The van der Waals surface area contributed by atoms with Gasteiger partial charge in [-0.05, 0) is 36.5 Å². The molecule has 0 aliphatic heterocycles. The van der Waals surface area contributed by atoms with Crippen LogP contribution in [0.1, 0.15) is 62.2 Å². The number of anilines is 1. The Morgan fingerprint density at radius 2 is 1.75 bits per heavy atom. The molecule has 2 aromatic heterocycles. The smallest absolute Gasteiger partial charge is 0.314 e. The Kier molecular flexibility index (Phi) is 8.95. The number of hydrogen-bond acceptors (Lipinski definition) is 7. The first kappa shape index (κ1) is 25.7. The molecule has 36 heavy (non-hydrogen) atoms. The molecule has 188 valence electrons. The summed E-state index contributed by atoms with van der Waals surface area (Å²) >= 11 is 1.73. The number of nitrogens with zero attached hydrogens (tertiary/aromatic N) is 3. The van der Waals surface area contributed by atoms with Crippen LogP contribution in [0, 0.1) is 6.92 Å². The summed E-state index contributed by atoms with van der Waals surface area (Å²) in [5.41, 5.74) is 6.31. The van der Waals surface area contributed by atoms with Crippen LogP contribution < -0.4 is 10.5 Å². The predicted molar refractivity (Wildman–Crippen MR) is 147 cm³/mol. The fourth-order valence-corrected chi connectivity index (χ4v) is 4.96. The number of hydrogen-bond donors (Lipinski definition) is 2. The highest BCUT2D eigenvalue weighted by Crippen LogP contribution is 2.31. The van der Waals surface area contributed by atoms with E-state index in [9.17, 15) is 4.79 Å². The summed E-state index contributed by atoms with van der Waals surface area (Å²) in [5.74, 6) is 2.65. The second kappa shape index (κ2) is 12.5. The van der Waals surface area contributed by atoms with Crippen LogP contribution in [0.5, 0.6) is 0 Å². The van der Waals surface area contributed by atoms with E-state index in [4.69, 9.17) is 14.5 Å². The molecule has 0 aliphatic carbocycles. The van der Waals surface area contributed by atoms with Gasteiger partial charge < -0.3 is 4.72 Å². The number of aromatic nitrogens is 4. The maximum Gasteiger partial charge on any atom is 0.439 e. The summed E-state index contributed by atoms with van der Waals surface area (Å²) in [6.07, 6.45) is 6.37. The third kappa shape index (κ3) is 6.43. The molecule has 0 bridgehead atoms. The number of benzene rings is 2. The first-order valence-electron chi connectivity index (χ1n) is 12.6. The number of rotatable bonds is 12. The molecule has 2 aromatic carbocycles. The standard InChI is InChI=1S/C28H33N5O2S/c1-4-6-9-17-36-33-27-24(25(10-5-2)29-19(3)30-27)18-20-13-15-21(16-14-20)22-11-7-8-12-23(22)26-31-28(34)35-32-26/h7-8,11-16H,4-6,9-10,17-18H2,1-3H3,(H,29,30,33)(H,31,32,34). The third-order valence-electron chi connectivity index (χ3n) is 5.98. The zero-order chi connectivity index (χ0) is 25.3. The van der Waals surface area contributed by atoms with Crippen LogP contribution in [0.4, 0.5) is 5.82 Å². The van der Waals surface area contributed by atoms with Crippen molar-refractivity contribution in [3.63, 3.8) is 0 Å². The van der Waals surface area contributed by atoms with E-state index in [2.05, 4.69) is 53.0 Å². The largest absolute Gasteiger partial charge is 0.439 e. The molecule has 7 nitrogen and oxygen atoms in total. The van der Waals surface area contributed by atoms with Gasteiger partial charge in [0.05, 0.1) is 0 Å². The summed E-state index contributed by atoms with van der Waals surface area (Å²) in [6.45, 7) is 6.37. The van der Waals surface area contributed by atoms with Crippen molar-refractivity contribution < 1.29 is 4.52 Å². The molecule has 0 amide bonds. The Labute approximate surface area is 216 Å². The van der Waals surface area contributed by atoms with E-state index in [1.54, 1.807) is 11.9 Å². The molecular weight excluding hydrogens is 470 g/mol. The molecular formula is C28H33N5O2S. The SMILES string of the molecule is CCCCCSNc1nc(C)nc(CCC)c1Cc1ccc(-c2ccccc2-c2noc(=O)[nH]2)cc1. The average Bonchev–Trinajstić information content (AvgIpc) is 3.32. The normalized spacial score (nSPS) is 11.1. The van der Waals surface area contributed by atoms with Gasteiger partial charge in [0.25, 0.3) is 0 Å². The third-order valence-corrected chi connectivity index (χ3v) is 6.81. The lowest BCUT2D eigenvalue weighted by atomic mass is 9.96. The van der Waals surface area contributed by atoms with Crippen LogP contribution in [0.15, 0.2) is 57.8 Å². The highest BCUT2D eigenvalue weighted by atomic mass is 32.2. The van der Waals surface area contributed by atoms with Crippen molar-refractivity contribution >= 4 is 17.8 Å². The lowest BCUT2D eigenvalue weighted by Gasteiger charge is -2.16. The maximum atomic E-state index is 11.5. The van der Waals surface area contributed by atoms with E-state index in [0.29, 0.717) is 5.82 Å².